The average molecular weight is 426 g/mol. The number of amides is 1. The van der Waals surface area contributed by atoms with Crippen molar-refractivity contribution < 1.29 is 9.53 Å². The standard InChI is InChI=1S/C27H55NO2/c1-5-9-13-14-15-20-26(30-24-12-8-4)21-22-27(29)28-23-16-19-25(17-10-6-2)18-11-7-3/h25-26H,5-24H2,1-4H3,(H,28,29). The zero-order valence-corrected chi connectivity index (χ0v) is 21.1. The highest BCUT2D eigenvalue weighted by Crippen LogP contribution is 2.21. The summed E-state index contributed by atoms with van der Waals surface area (Å²) in [6.45, 7) is 10.7. The molecule has 1 atom stereocenters. The van der Waals surface area contributed by atoms with Crippen molar-refractivity contribution in [1.29, 1.82) is 0 Å². The zero-order chi connectivity index (χ0) is 22.3. The fourth-order valence-electron chi connectivity index (χ4n) is 4.10. The number of unbranched alkanes of at least 4 members (excludes halogenated alkanes) is 7. The highest BCUT2D eigenvalue weighted by molar-refractivity contribution is 5.75. The maximum Gasteiger partial charge on any atom is 0.220 e. The maximum absolute atomic E-state index is 12.3. The second-order valence-corrected chi connectivity index (χ2v) is 9.23. The molecule has 0 rings (SSSR count). The van der Waals surface area contributed by atoms with Crippen LogP contribution in [0.4, 0.5) is 0 Å². The van der Waals surface area contributed by atoms with Crippen molar-refractivity contribution >= 4 is 5.91 Å². The minimum Gasteiger partial charge on any atom is -0.378 e. The first-order valence-electron chi connectivity index (χ1n) is 13.6. The molecule has 0 aromatic carbocycles. The van der Waals surface area contributed by atoms with Crippen LogP contribution in [0.25, 0.3) is 0 Å². The van der Waals surface area contributed by atoms with Crippen molar-refractivity contribution in [2.45, 2.75) is 149 Å². The predicted molar refractivity (Wildman–Crippen MR) is 132 cm³/mol. The molecule has 1 amide bonds. The molecule has 0 aromatic heterocycles. The summed E-state index contributed by atoms with van der Waals surface area (Å²) in [6, 6.07) is 0. The van der Waals surface area contributed by atoms with Crippen molar-refractivity contribution in [3.05, 3.63) is 0 Å². The first kappa shape index (κ1) is 29.4. The van der Waals surface area contributed by atoms with Gasteiger partial charge in [0.15, 0.2) is 0 Å². The first-order chi connectivity index (χ1) is 14.7. The summed E-state index contributed by atoms with van der Waals surface area (Å²) < 4.78 is 6.09. The minimum atomic E-state index is 0.212. The normalized spacial score (nSPS) is 12.4. The summed E-state index contributed by atoms with van der Waals surface area (Å²) in [5.74, 6) is 1.06. The summed E-state index contributed by atoms with van der Waals surface area (Å²) in [5.41, 5.74) is 0. The Morgan fingerprint density at radius 1 is 0.667 bits per heavy atom. The molecule has 180 valence electrons. The van der Waals surface area contributed by atoms with Crippen LogP contribution in [0.2, 0.25) is 0 Å². The number of hydrogen-bond donors (Lipinski definition) is 1. The van der Waals surface area contributed by atoms with Gasteiger partial charge in [-0.05, 0) is 38.0 Å². The topological polar surface area (TPSA) is 38.3 Å². The van der Waals surface area contributed by atoms with Crippen LogP contribution in [0, 0.1) is 5.92 Å². The largest absolute Gasteiger partial charge is 0.378 e. The number of carbonyl (C=O) groups excluding carboxylic acids is 1. The zero-order valence-electron chi connectivity index (χ0n) is 21.1. The van der Waals surface area contributed by atoms with E-state index in [0.29, 0.717) is 6.42 Å². The maximum atomic E-state index is 12.3. The molecule has 0 saturated carbocycles. The van der Waals surface area contributed by atoms with E-state index in [-0.39, 0.29) is 12.0 Å². The second kappa shape index (κ2) is 23.1. The Hall–Kier alpha value is -0.570. The number of hydrogen-bond acceptors (Lipinski definition) is 2. The predicted octanol–water partition coefficient (Wildman–Crippen LogP) is 8.21. The first-order valence-corrected chi connectivity index (χ1v) is 13.6. The molecule has 0 spiro atoms. The van der Waals surface area contributed by atoms with E-state index in [2.05, 4.69) is 33.0 Å². The Bertz CT molecular complexity index is 351. The van der Waals surface area contributed by atoms with Crippen LogP contribution in [0.1, 0.15) is 143 Å². The fraction of sp³-hybridized carbons (Fsp3) is 0.963. The summed E-state index contributed by atoms with van der Waals surface area (Å²) in [7, 11) is 0. The molecule has 0 aliphatic rings. The van der Waals surface area contributed by atoms with E-state index in [1.807, 2.05) is 0 Å². The SMILES string of the molecule is CCCCCCCC(CCC(=O)NCCCC(CCCC)CCCC)OCCCC. The smallest absolute Gasteiger partial charge is 0.220 e. The number of carbonyl (C=O) groups is 1. The number of ether oxygens (including phenoxy) is 1. The van der Waals surface area contributed by atoms with Crippen LogP contribution in [-0.4, -0.2) is 25.2 Å². The van der Waals surface area contributed by atoms with Gasteiger partial charge in [-0.2, -0.15) is 0 Å². The van der Waals surface area contributed by atoms with Gasteiger partial charge in [-0.3, -0.25) is 4.79 Å². The molecule has 0 heterocycles. The van der Waals surface area contributed by atoms with Gasteiger partial charge in [0.05, 0.1) is 6.10 Å². The van der Waals surface area contributed by atoms with Crippen molar-refractivity contribution in [3.63, 3.8) is 0 Å². The third-order valence-corrected chi connectivity index (χ3v) is 6.22. The monoisotopic (exact) mass is 425 g/mol. The molecule has 0 aliphatic carbocycles. The van der Waals surface area contributed by atoms with Crippen molar-refractivity contribution in [2.24, 2.45) is 5.92 Å². The molecule has 1 N–H and O–H groups in total. The summed E-state index contributed by atoms with van der Waals surface area (Å²) in [4.78, 5) is 12.3. The van der Waals surface area contributed by atoms with Crippen LogP contribution >= 0.6 is 0 Å². The van der Waals surface area contributed by atoms with Gasteiger partial charge in [-0.1, -0.05) is 105 Å². The van der Waals surface area contributed by atoms with Crippen molar-refractivity contribution in [3.8, 4) is 0 Å². The average Bonchev–Trinajstić information content (AvgIpc) is 2.75. The van der Waals surface area contributed by atoms with Crippen LogP contribution < -0.4 is 5.32 Å². The summed E-state index contributed by atoms with van der Waals surface area (Å²) >= 11 is 0. The van der Waals surface area contributed by atoms with Gasteiger partial charge in [0.2, 0.25) is 5.91 Å². The van der Waals surface area contributed by atoms with Crippen LogP contribution in [0.15, 0.2) is 0 Å². The van der Waals surface area contributed by atoms with E-state index in [1.54, 1.807) is 0 Å². The molecule has 3 heteroatoms. The Morgan fingerprint density at radius 2 is 1.27 bits per heavy atom. The lowest BCUT2D eigenvalue weighted by molar-refractivity contribution is -0.121. The Kier molecular flexibility index (Phi) is 22.7. The molecule has 1 unspecified atom stereocenters. The molecule has 0 aromatic rings. The highest BCUT2D eigenvalue weighted by Gasteiger charge is 2.12. The van der Waals surface area contributed by atoms with Crippen LogP contribution in [0.5, 0.6) is 0 Å². The summed E-state index contributed by atoms with van der Waals surface area (Å²) in [6.07, 6.45) is 22.0. The number of rotatable bonds is 23. The van der Waals surface area contributed by atoms with Gasteiger partial charge >= 0.3 is 0 Å². The van der Waals surface area contributed by atoms with Gasteiger partial charge in [-0.25, -0.2) is 0 Å². The van der Waals surface area contributed by atoms with Gasteiger partial charge in [0.1, 0.15) is 0 Å². The van der Waals surface area contributed by atoms with E-state index in [1.165, 1.54) is 83.5 Å². The Labute approximate surface area is 189 Å². The van der Waals surface area contributed by atoms with Gasteiger partial charge in [-0.15, -0.1) is 0 Å². The third kappa shape index (κ3) is 19.4. The third-order valence-electron chi connectivity index (χ3n) is 6.22. The van der Waals surface area contributed by atoms with Gasteiger partial charge in [0, 0.05) is 19.6 Å². The second-order valence-electron chi connectivity index (χ2n) is 9.23. The fourth-order valence-corrected chi connectivity index (χ4v) is 4.10. The van der Waals surface area contributed by atoms with E-state index < -0.39 is 0 Å². The van der Waals surface area contributed by atoms with E-state index in [0.717, 1.165) is 44.8 Å². The Balaban J connectivity index is 4.05. The highest BCUT2D eigenvalue weighted by atomic mass is 16.5. The molecule has 30 heavy (non-hydrogen) atoms. The van der Waals surface area contributed by atoms with Crippen molar-refractivity contribution in [2.75, 3.05) is 13.2 Å². The Morgan fingerprint density at radius 3 is 1.90 bits per heavy atom. The lowest BCUT2D eigenvalue weighted by Crippen LogP contribution is -2.26. The molecule has 0 fully saturated rings. The molecule has 0 saturated heterocycles. The van der Waals surface area contributed by atoms with Crippen LogP contribution in [0.3, 0.4) is 0 Å². The van der Waals surface area contributed by atoms with E-state index >= 15 is 0 Å². The lowest BCUT2D eigenvalue weighted by Gasteiger charge is -2.18. The molecular weight excluding hydrogens is 370 g/mol. The van der Waals surface area contributed by atoms with Gasteiger partial charge in [0.25, 0.3) is 0 Å². The van der Waals surface area contributed by atoms with Gasteiger partial charge < -0.3 is 10.1 Å². The van der Waals surface area contributed by atoms with Crippen molar-refractivity contribution in [1.82, 2.24) is 5.32 Å². The van der Waals surface area contributed by atoms with E-state index in [4.69, 9.17) is 4.74 Å². The molecule has 0 aliphatic heterocycles. The lowest BCUT2D eigenvalue weighted by atomic mass is 9.91. The molecule has 0 bridgehead atoms. The molecular formula is C27H55NO2. The molecule has 0 radical (unpaired) electrons. The summed E-state index contributed by atoms with van der Waals surface area (Å²) in [5, 5.41) is 3.16. The number of nitrogens with one attached hydrogen (secondary N) is 1. The quantitative estimate of drug-likeness (QED) is 0.167. The van der Waals surface area contributed by atoms with E-state index in [9.17, 15) is 4.79 Å². The minimum absolute atomic E-state index is 0.212. The van der Waals surface area contributed by atoms with Crippen LogP contribution in [-0.2, 0) is 9.53 Å². The molecule has 3 nitrogen and oxygen atoms in total.